The number of benzene rings is 1. The van der Waals surface area contributed by atoms with Gasteiger partial charge in [0.05, 0.1) is 12.1 Å². The Morgan fingerprint density at radius 1 is 1.24 bits per heavy atom. The Kier molecular flexibility index (Phi) is 4.59. The van der Waals surface area contributed by atoms with Crippen LogP contribution in [-0.4, -0.2) is 22.8 Å². The highest BCUT2D eigenvalue weighted by atomic mass is 32.2. The zero-order valence-corrected chi connectivity index (χ0v) is 18.6. The van der Waals surface area contributed by atoms with Crippen LogP contribution < -0.4 is 14.9 Å². The van der Waals surface area contributed by atoms with Crippen LogP contribution in [0.4, 0.5) is 5.69 Å². The van der Waals surface area contributed by atoms with Crippen LogP contribution in [0.15, 0.2) is 34.1 Å². The van der Waals surface area contributed by atoms with Crippen molar-refractivity contribution in [2.75, 3.05) is 12.4 Å². The molecule has 29 heavy (non-hydrogen) atoms. The molecule has 0 spiro atoms. The number of hydrogen-bond acceptors (Lipinski definition) is 5. The van der Waals surface area contributed by atoms with Gasteiger partial charge in [-0.15, -0.1) is 11.8 Å². The Morgan fingerprint density at radius 3 is 2.69 bits per heavy atom. The Bertz CT molecular complexity index is 1010. The predicted molar refractivity (Wildman–Crippen MR) is 117 cm³/mol. The maximum absolute atomic E-state index is 12.8. The summed E-state index contributed by atoms with van der Waals surface area (Å²) in [6.45, 7) is 4.68. The van der Waals surface area contributed by atoms with E-state index >= 15 is 0 Å². The highest BCUT2D eigenvalue weighted by molar-refractivity contribution is 8.00. The number of methoxy groups -OCH3 is 1. The molecule has 2 saturated carbocycles. The molecule has 2 bridgehead atoms. The minimum atomic E-state index is -0.175. The first-order valence-electron chi connectivity index (χ1n) is 10.2. The number of anilines is 1. The van der Waals surface area contributed by atoms with Crippen molar-refractivity contribution in [3.05, 3.63) is 38.8 Å². The lowest BCUT2D eigenvalue weighted by atomic mass is 9.69. The quantitative estimate of drug-likeness (QED) is 0.783. The molecule has 0 saturated heterocycles. The maximum Gasteiger partial charge on any atom is 0.308 e. The first kappa shape index (κ1) is 19.2. The summed E-state index contributed by atoms with van der Waals surface area (Å²) in [6.07, 6.45) is 3.99. The van der Waals surface area contributed by atoms with Crippen LogP contribution >= 0.6 is 23.1 Å². The van der Waals surface area contributed by atoms with Crippen molar-refractivity contribution < 1.29 is 9.53 Å². The molecule has 2 aliphatic carbocycles. The average molecular weight is 431 g/mol. The Balaban J connectivity index is 1.40. The summed E-state index contributed by atoms with van der Waals surface area (Å²) in [4.78, 5) is 26.7. The molecule has 2 fully saturated rings. The molecule has 1 aromatic heterocycles. The van der Waals surface area contributed by atoms with Crippen LogP contribution in [0.25, 0.3) is 0 Å². The fourth-order valence-corrected chi connectivity index (χ4v) is 9.17. The van der Waals surface area contributed by atoms with E-state index in [-0.39, 0.29) is 22.7 Å². The number of carbonyl (C=O) groups excluding carboxylic acids is 1. The van der Waals surface area contributed by atoms with Crippen molar-refractivity contribution in [2.45, 2.75) is 55.3 Å². The average Bonchev–Trinajstić information content (AvgIpc) is 3.38. The van der Waals surface area contributed by atoms with Gasteiger partial charge in [-0.1, -0.05) is 25.2 Å². The molecule has 2 aromatic rings. The zero-order valence-electron chi connectivity index (χ0n) is 16.9. The summed E-state index contributed by atoms with van der Waals surface area (Å²) in [5, 5.41) is 4.52. The summed E-state index contributed by atoms with van der Waals surface area (Å²) in [6, 6.07) is 7.23. The highest BCUT2D eigenvalue weighted by Crippen LogP contribution is 2.64. The van der Waals surface area contributed by atoms with Crippen LogP contribution in [0.3, 0.4) is 0 Å². The van der Waals surface area contributed by atoms with Crippen molar-refractivity contribution in [1.82, 2.24) is 4.57 Å². The minimum absolute atomic E-state index is 0.00657. The van der Waals surface area contributed by atoms with E-state index in [1.54, 1.807) is 23.8 Å². The van der Waals surface area contributed by atoms with E-state index in [9.17, 15) is 9.59 Å². The largest absolute Gasteiger partial charge is 0.497 e. The van der Waals surface area contributed by atoms with Gasteiger partial charge in [-0.3, -0.25) is 14.2 Å². The molecule has 1 aromatic carbocycles. The molecule has 4 atom stereocenters. The SMILES string of the molecule is COc1ccc(NC(=O)Cn2c3c(sc2=O)C(C)(C)[C@H]2[C@@H]4CC[C@H](C4)[C@@H]2S3)cc1. The Hall–Kier alpha value is -1.73. The summed E-state index contributed by atoms with van der Waals surface area (Å²) in [7, 11) is 1.61. The van der Waals surface area contributed by atoms with Gasteiger partial charge in [0, 0.05) is 21.2 Å². The number of aromatic nitrogens is 1. The number of nitrogens with zero attached hydrogens (tertiary/aromatic N) is 1. The van der Waals surface area contributed by atoms with Gasteiger partial charge < -0.3 is 10.1 Å². The van der Waals surface area contributed by atoms with Gasteiger partial charge in [-0.25, -0.2) is 0 Å². The molecule has 5 nitrogen and oxygen atoms in total. The third kappa shape index (κ3) is 3.05. The molecule has 5 rings (SSSR count). The van der Waals surface area contributed by atoms with Gasteiger partial charge in [-0.2, -0.15) is 0 Å². The molecule has 1 amide bonds. The van der Waals surface area contributed by atoms with Crippen LogP contribution in [0.5, 0.6) is 5.75 Å². The minimum Gasteiger partial charge on any atom is -0.497 e. The van der Waals surface area contributed by atoms with E-state index in [0.717, 1.165) is 22.6 Å². The number of thiazole rings is 1. The topological polar surface area (TPSA) is 60.3 Å². The lowest BCUT2D eigenvalue weighted by Crippen LogP contribution is -2.43. The fraction of sp³-hybridized carbons (Fsp3) is 0.545. The molecule has 2 heterocycles. The summed E-state index contributed by atoms with van der Waals surface area (Å²) in [5.41, 5.74) is 0.709. The Morgan fingerprint density at radius 2 is 1.97 bits per heavy atom. The van der Waals surface area contributed by atoms with E-state index in [2.05, 4.69) is 19.2 Å². The first-order valence-corrected chi connectivity index (χ1v) is 11.9. The normalized spacial score (nSPS) is 28.7. The molecule has 7 heteroatoms. The highest BCUT2D eigenvalue weighted by Gasteiger charge is 2.57. The third-order valence-electron chi connectivity index (χ3n) is 7.03. The predicted octanol–water partition coefficient (Wildman–Crippen LogP) is 4.36. The Labute approximate surface area is 178 Å². The van der Waals surface area contributed by atoms with Gasteiger partial charge >= 0.3 is 4.87 Å². The second kappa shape index (κ2) is 6.91. The van der Waals surface area contributed by atoms with Crippen LogP contribution in [0.2, 0.25) is 0 Å². The van der Waals surface area contributed by atoms with Crippen molar-refractivity contribution in [3.63, 3.8) is 0 Å². The van der Waals surface area contributed by atoms with E-state index in [0.29, 0.717) is 16.9 Å². The standard InChI is InChI=1S/C22H26N2O3S2/c1-22(2)17-12-4-5-13(10-12)18(17)28-20-19(22)29-21(26)24(20)11-16(25)23-14-6-8-15(27-3)9-7-14/h6-9,12-13,17-18H,4-5,10-11H2,1-3H3,(H,23,25)/t12-,13-,17+,18+/m1/s1. The van der Waals surface area contributed by atoms with Crippen molar-refractivity contribution >= 4 is 34.7 Å². The van der Waals surface area contributed by atoms with Gasteiger partial charge in [0.15, 0.2) is 0 Å². The molecule has 3 aliphatic rings. The smallest absolute Gasteiger partial charge is 0.308 e. The summed E-state index contributed by atoms with van der Waals surface area (Å²) in [5.74, 6) is 2.78. The second-order valence-corrected chi connectivity index (χ2v) is 11.2. The van der Waals surface area contributed by atoms with Crippen LogP contribution in [-0.2, 0) is 16.8 Å². The lowest BCUT2D eigenvalue weighted by Gasteiger charge is -2.45. The van der Waals surface area contributed by atoms with E-state index < -0.39 is 0 Å². The van der Waals surface area contributed by atoms with Gasteiger partial charge in [0.2, 0.25) is 5.91 Å². The first-order chi connectivity index (χ1) is 13.9. The number of ether oxygens (including phenoxy) is 1. The van der Waals surface area contributed by atoms with Gasteiger partial charge in [0.25, 0.3) is 0 Å². The third-order valence-corrected chi connectivity index (χ3v) is 10.1. The van der Waals surface area contributed by atoms with E-state index in [1.807, 2.05) is 23.9 Å². The molecule has 154 valence electrons. The van der Waals surface area contributed by atoms with E-state index in [4.69, 9.17) is 4.74 Å². The number of hydrogen-bond donors (Lipinski definition) is 1. The number of amides is 1. The van der Waals surface area contributed by atoms with Crippen LogP contribution in [0, 0.1) is 17.8 Å². The number of thioether (sulfide) groups is 1. The molecule has 0 radical (unpaired) electrons. The molecular formula is C22H26N2O3S2. The number of nitrogens with one attached hydrogen (secondary N) is 1. The van der Waals surface area contributed by atoms with E-state index in [1.165, 1.54) is 35.5 Å². The molecule has 1 N–H and O–H groups in total. The monoisotopic (exact) mass is 430 g/mol. The molecular weight excluding hydrogens is 404 g/mol. The second-order valence-electron chi connectivity index (χ2n) is 9.03. The molecule has 0 unspecified atom stereocenters. The molecule has 1 aliphatic heterocycles. The van der Waals surface area contributed by atoms with Crippen molar-refractivity contribution in [3.8, 4) is 5.75 Å². The van der Waals surface area contributed by atoms with Crippen molar-refractivity contribution in [1.29, 1.82) is 0 Å². The van der Waals surface area contributed by atoms with Crippen molar-refractivity contribution in [2.24, 2.45) is 17.8 Å². The maximum atomic E-state index is 12.8. The zero-order chi connectivity index (χ0) is 20.3. The summed E-state index contributed by atoms with van der Waals surface area (Å²) >= 11 is 3.21. The van der Waals surface area contributed by atoms with Gasteiger partial charge in [0.1, 0.15) is 12.3 Å². The summed E-state index contributed by atoms with van der Waals surface area (Å²) < 4.78 is 6.85. The number of carbonyl (C=O) groups is 1. The lowest BCUT2D eigenvalue weighted by molar-refractivity contribution is -0.116. The number of rotatable bonds is 4. The fourth-order valence-electron chi connectivity index (χ4n) is 5.76. The number of fused-ring (bicyclic) bond motifs is 6. The van der Waals surface area contributed by atoms with Gasteiger partial charge in [-0.05, 0) is 61.3 Å². The van der Waals surface area contributed by atoms with Crippen LogP contribution in [0.1, 0.15) is 38.0 Å².